The van der Waals surface area contributed by atoms with Gasteiger partial charge in [-0.2, -0.15) is 0 Å². The zero-order chi connectivity index (χ0) is 22.3. The summed E-state index contributed by atoms with van der Waals surface area (Å²) in [5, 5.41) is 15.3. The van der Waals surface area contributed by atoms with Gasteiger partial charge < -0.3 is 15.3 Å². The van der Waals surface area contributed by atoms with Gasteiger partial charge >= 0.3 is 6.03 Å². The average molecular weight is 453 g/mol. The first kappa shape index (κ1) is 22.2. The maximum atomic E-state index is 12.5. The minimum atomic E-state index is -0.0760. The molecule has 2 aliphatic rings. The van der Waals surface area contributed by atoms with E-state index in [1.807, 2.05) is 52.7 Å². The molecule has 2 heterocycles. The summed E-state index contributed by atoms with van der Waals surface area (Å²) in [6.07, 6.45) is 2.44. The molecule has 0 spiro atoms. The van der Waals surface area contributed by atoms with Crippen molar-refractivity contribution >= 4 is 35.1 Å². The van der Waals surface area contributed by atoms with Crippen LogP contribution in [0.3, 0.4) is 0 Å². The van der Waals surface area contributed by atoms with Gasteiger partial charge in [0.05, 0.1) is 12.1 Å². The fourth-order valence-corrected chi connectivity index (χ4v) is 4.87. The molecule has 0 radical (unpaired) electrons. The highest BCUT2D eigenvalue weighted by Gasteiger charge is 2.28. The summed E-state index contributed by atoms with van der Waals surface area (Å²) >= 11 is 1.62. The number of nitrogens with zero attached hydrogens (tertiary/aromatic N) is 3. The Kier molecular flexibility index (Phi) is 7.34. The lowest BCUT2D eigenvalue weighted by Gasteiger charge is -2.34. The molecule has 1 aliphatic carbocycles. The van der Waals surface area contributed by atoms with Gasteiger partial charge in [0, 0.05) is 68.3 Å². The summed E-state index contributed by atoms with van der Waals surface area (Å²) in [5.74, 6) is 0.158. The van der Waals surface area contributed by atoms with Gasteiger partial charge in [0.2, 0.25) is 0 Å². The van der Waals surface area contributed by atoms with E-state index in [1.165, 1.54) is 6.21 Å². The van der Waals surface area contributed by atoms with Crippen LogP contribution in [0.1, 0.15) is 23.6 Å². The highest BCUT2D eigenvalue weighted by Crippen LogP contribution is 2.35. The first-order valence-corrected chi connectivity index (χ1v) is 11.8. The third-order valence-corrected chi connectivity index (χ3v) is 6.91. The van der Waals surface area contributed by atoms with Crippen LogP contribution in [0, 0.1) is 0 Å². The van der Waals surface area contributed by atoms with E-state index >= 15 is 0 Å². The number of amides is 2. The largest absolute Gasteiger partial charge is 0.511 e. The quantitative estimate of drug-likeness (QED) is 0.651. The van der Waals surface area contributed by atoms with E-state index in [0.717, 1.165) is 30.2 Å². The number of carbonyl (C=O) groups is 2. The number of nitrogens with one attached hydrogen (secondary N) is 1. The average Bonchev–Trinajstić information content (AvgIpc) is 3.34. The number of aliphatic hydroxyl groups excluding tert-OH is 1. The number of piperazine rings is 1. The standard InChI is InChI=1S/C24H28N4O3S/c29-21-15-18(23-7-4-14-32-23)16-22(30)20(21)17-25-8-9-27-10-12-28(13-11-27)24(31)26-19-5-2-1-3-6-19/h1-7,14,17-18,29H,8-13,15-16H2,(H,26,31). The molecule has 2 aromatic rings. The molecular weight excluding hydrogens is 424 g/mol. The fourth-order valence-electron chi connectivity index (χ4n) is 4.04. The highest BCUT2D eigenvalue weighted by atomic mass is 32.1. The number of Topliss-reactive ketones (excluding diaryl/α,β-unsaturated/α-hetero) is 1. The molecule has 1 aliphatic heterocycles. The number of aliphatic hydroxyl groups is 1. The van der Waals surface area contributed by atoms with Gasteiger partial charge in [-0.1, -0.05) is 24.3 Å². The molecule has 1 unspecified atom stereocenters. The Morgan fingerprint density at radius 3 is 2.59 bits per heavy atom. The van der Waals surface area contributed by atoms with Gasteiger partial charge in [0.25, 0.3) is 0 Å². The number of hydrogen-bond acceptors (Lipinski definition) is 6. The van der Waals surface area contributed by atoms with Gasteiger partial charge in [0.1, 0.15) is 5.76 Å². The van der Waals surface area contributed by atoms with Crippen molar-refractivity contribution in [2.45, 2.75) is 18.8 Å². The fraction of sp³-hybridized carbons (Fsp3) is 0.375. The Labute approximate surface area is 192 Å². The highest BCUT2D eigenvalue weighted by molar-refractivity contribution is 7.10. The van der Waals surface area contributed by atoms with Gasteiger partial charge in [0.15, 0.2) is 5.78 Å². The molecule has 1 atom stereocenters. The number of thiophene rings is 1. The normalized spacial score (nSPS) is 20.2. The van der Waals surface area contributed by atoms with E-state index in [1.54, 1.807) is 11.3 Å². The molecule has 1 saturated heterocycles. The summed E-state index contributed by atoms with van der Waals surface area (Å²) in [4.78, 5) is 34.5. The van der Waals surface area contributed by atoms with Crippen LogP contribution in [0.4, 0.5) is 10.5 Å². The molecule has 1 aromatic heterocycles. The molecule has 0 saturated carbocycles. The van der Waals surface area contributed by atoms with E-state index in [-0.39, 0.29) is 23.5 Å². The van der Waals surface area contributed by atoms with E-state index in [4.69, 9.17) is 0 Å². The van der Waals surface area contributed by atoms with Crippen LogP contribution >= 0.6 is 11.3 Å². The Bertz CT molecular complexity index is 980. The van der Waals surface area contributed by atoms with Crippen molar-refractivity contribution in [1.29, 1.82) is 0 Å². The molecular formula is C24H28N4O3S. The van der Waals surface area contributed by atoms with Crippen molar-refractivity contribution in [3.8, 4) is 0 Å². The molecule has 4 rings (SSSR count). The number of allylic oxidation sites excluding steroid dienone is 2. The second-order valence-electron chi connectivity index (χ2n) is 8.06. The Balaban J connectivity index is 1.20. The number of carbonyl (C=O) groups excluding carboxylic acids is 2. The minimum absolute atomic E-state index is 0.0473. The van der Waals surface area contributed by atoms with Crippen molar-refractivity contribution in [1.82, 2.24) is 9.80 Å². The van der Waals surface area contributed by atoms with Crippen molar-refractivity contribution in [2.24, 2.45) is 4.99 Å². The smallest absolute Gasteiger partial charge is 0.321 e. The van der Waals surface area contributed by atoms with Gasteiger partial charge in [-0.15, -0.1) is 11.3 Å². The Morgan fingerprint density at radius 1 is 1.12 bits per heavy atom. The molecule has 32 heavy (non-hydrogen) atoms. The molecule has 7 nitrogen and oxygen atoms in total. The molecule has 2 amide bonds. The zero-order valence-corrected chi connectivity index (χ0v) is 18.8. The monoisotopic (exact) mass is 452 g/mol. The number of anilines is 1. The number of hydrogen-bond donors (Lipinski definition) is 2. The van der Waals surface area contributed by atoms with Crippen molar-refractivity contribution in [2.75, 3.05) is 44.6 Å². The van der Waals surface area contributed by atoms with Crippen molar-refractivity contribution in [3.63, 3.8) is 0 Å². The number of rotatable bonds is 6. The third-order valence-electron chi connectivity index (χ3n) is 5.88. The van der Waals surface area contributed by atoms with Crippen LogP contribution in [0.2, 0.25) is 0 Å². The van der Waals surface area contributed by atoms with Crippen LogP contribution in [-0.2, 0) is 4.79 Å². The lowest BCUT2D eigenvalue weighted by molar-refractivity contribution is -0.116. The molecule has 2 N–H and O–H groups in total. The Hall–Kier alpha value is -2.97. The molecule has 1 aromatic carbocycles. The second kappa shape index (κ2) is 10.6. The predicted molar refractivity (Wildman–Crippen MR) is 128 cm³/mol. The topological polar surface area (TPSA) is 85.2 Å². The first-order valence-electron chi connectivity index (χ1n) is 10.9. The first-order chi connectivity index (χ1) is 15.6. The van der Waals surface area contributed by atoms with E-state index < -0.39 is 0 Å². The van der Waals surface area contributed by atoms with Gasteiger partial charge in [-0.25, -0.2) is 4.79 Å². The van der Waals surface area contributed by atoms with Gasteiger partial charge in [-0.05, 0) is 23.6 Å². The number of benzene rings is 1. The number of aliphatic imine (C=N–C) groups is 1. The van der Waals surface area contributed by atoms with Crippen LogP contribution in [-0.4, -0.2) is 72.2 Å². The molecule has 168 valence electrons. The van der Waals surface area contributed by atoms with Crippen LogP contribution in [0.5, 0.6) is 0 Å². The van der Waals surface area contributed by atoms with Crippen LogP contribution < -0.4 is 5.32 Å². The molecule has 1 fully saturated rings. The SMILES string of the molecule is O=C1CC(c2cccs2)CC(O)=C1C=NCCN1CCN(C(=O)Nc2ccccc2)CC1. The summed E-state index contributed by atoms with van der Waals surface area (Å²) in [7, 11) is 0. The predicted octanol–water partition coefficient (Wildman–Crippen LogP) is 3.93. The van der Waals surface area contributed by atoms with Crippen molar-refractivity contribution in [3.05, 3.63) is 64.1 Å². The summed E-state index contributed by atoms with van der Waals surface area (Å²) < 4.78 is 0. The lowest BCUT2D eigenvalue weighted by atomic mass is 9.86. The molecule has 0 bridgehead atoms. The maximum Gasteiger partial charge on any atom is 0.321 e. The van der Waals surface area contributed by atoms with E-state index in [0.29, 0.717) is 38.0 Å². The third kappa shape index (κ3) is 5.63. The number of ketones is 1. The van der Waals surface area contributed by atoms with E-state index in [2.05, 4.69) is 15.2 Å². The van der Waals surface area contributed by atoms with Crippen LogP contribution in [0.15, 0.2) is 64.2 Å². The zero-order valence-electron chi connectivity index (χ0n) is 17.9. The van der Waals surface area contributed by atoms with Crippen LogP contribution in [0.25, 0.3) is 0 Å². The molecule has 8 heteroatoms. The summed E-state index contributed by atoms with van der Waals surface area (Å²) in [6.45, 7) is 4.20. The minimum Gasteiger partial charge on any atom is -0.511 e. The van der Waals surface area contributed by atoms with Gasteiger partial charge in [-0.3, -0.25) is 14.7 Å². The van der Waals surface area contributed by atoms with Crippen molar-refractivity contribution < 1.29 is 14.7 Å². The lowest BCUT2D eigenvalue weighted by Crippen LogP contribution is -2.50. The Morgan fingerprint density at radius 2 is 1.91 bits per heavy atom. The maximum absolute atomic E-state index is 12.5. The summed E-state index contributed by atoms with van der Waals surface area (Å²) in [5.41, 5.74) is 1.14. The summed E-state index contributed by atoms with van der Waals surface area (Å²) in [6, 6.07) is 13.4. The second-order valence-corrected chi connectivity index (χ2v) is 9.04. The number of para-hydroxylation sites is 1. The van der Waals surface area contributed by atoms with E-state index in [9.17, 15) is 14.7 Å². The number of urea groups is 1.